The number of methoxy groups -OCH3 is 1. The fourth-order valence-corrected chi connectivity index (χ4v) is 4.00. The summed E-state index contributed by atoms with van der Waals surface area (Å²) < 4.78 is 5.23. The number of ether oxygens (including phenoxy) is 1. The van der Waals surface area contributed by atoms with Gasteiger partial charge in [0.25, 0.3) is 0 Å². The maximum atomic E-state index is 12.8. The van der Waals surface area contributed by atoms with Gasteiger partial charge in [-0.05, 0) is 62.6 Å². The van der Waals surface area contributed by atoms with Crippen LogP contribution in [0.25, 0.3) is 11.3 Å². The van der Waals surface area contributed by atoms with E-state index in [-0.39, 0.29) is 11.8 Å². The Morgan fingerprint density at radius 1 is 1.03 bits per heavy atom. The molecular formula is C25H28N4O2. The summed E-state index contributed by atoms with van der Waals surface area (Å²) in [6, 6.07) is 16.0. The number of hydrogen-bond donors (Lipinski definition) is 1. The molecule has 2 aromatic carbocycles. The van der Waals surface area contributed by atoms with E-state index in [2.05, 4.69) is 33.2 Å². The third kappa shape index (κ3) is 4.85. The number of piperidine rings is 1. The normalized spacial score (nSPS) is 14.4. The second-order valence-corrected chi connectivity index (χ2v) is 8.06. The van der Waals surface area contributed by atoms with Gasteiger partial charge in [-0.15, -0.1) is 0 Å². The minimum atomic E-state index is 0.0137. The topological polar surface area (TPSA) is 67.3 Å². The monoisotopic (exact) mass is 416 g/mol. The Kier molecular flexibility index (Phi) is 6.16. The van der Waals surface area contributed by atoms with Gasteiger partial charge in [-0.2, -0.15) is 0 Å². The smallest absolute Gasteiger partial charge is 0.227 e. The van der Waals surface area contributed by atoms with Gasteiger partial charge in [-0.3, -0.25) is 4.79 Å². The van der Waals surface area contributed by atoms with Crippen molar-refractivity contribution in [3.63, 3.8) is 0 Å². The lowest BCUT2D eigenvalue weighted by molar-refractivity contribution is -0.120. The molecule has 31 heavy (non-hydrogen) atoms. The van der Waals surface area contributed by atoms with Gasteiger partial charge in [0, 0.05) is 36.3 Å². The molecule has 0 atom stereocenters. The van der Waals surface area contributed by atoms with Crippen LogP contribution in [-0.4, -0.2) is 36.1 Å². The summed E-state index contributed by atoms with van der Waals surface area (Å²) in [6.07, 6.45) is 3.21. The third-order valence-corrected chi connectivity index (χ3v) is 5.87. The molecule has 0 unspecified atom stereocenters. The molecule has 0 bridgehead atoms. The maximum absolute atomic E-state index is 12.8. The van der Waals surface area contributed by atoms with Crippen molar-refractivity contribution in [3.8, 4) is 17.0 Å². The Labute approximate surface area is 183 Å². The van der Waals surface area contributed by atoms with Crippen LogP contribution in [0.1, 0.15) is 24.0 Å². The van der Waals surface area contributed by atoms with Crippen molar-refractivity contribution in [3.05, 3.63) is 66.0 Å². The van der Waals surface area contributed by atoms with Gasteiger partial charge in [0.05, 0.1) is 12.8 Å². The number of carbonyl (C=O) groups is 1. The van der Waals surface area contributed by atoms with Gasteiger partial charge in [-0.1, -0.05) is 17.7 Å². The highest BCUT2D eigenvalue weighted by molar-refractivity contribution is 5.93. The molecule has 1 N–H and O–H groups in total. The zero-order valence-electron chi connectivity index (χ0n) is 18.3. The van der Waals surface area contributed by atoms with E-state index in [0.717, 1.165) is 60.0 Å². The molecule has 3 aromatic rings. The average molecular weight is 417 g/mol. The zero-order chi connectivity index (χ0) is 21.8. The van der Waals surface area contributed by atoms with Crippen molar-refractivity contribution in [1.82, 2.24) is 9.97 Å². The van der Waals surface area contributed by atoms with E-state index in [4.69, 9.17) is 4.74 Å². The summed E-state index contributed by atoms with van der Waals surface area (Å²) in [5.41, 5.74) is 5.09. The van der Waals surface area contributed by atoms with Crippen LogP contribution < -0.4 is 15.0 Å². The number of carbonyl (C=O) groups excluding carboxylic acids is 1. The van der Waals surface area contributed by atoms with Crippen molar-refractivity contribution in [2.24, 2.45) is 5.92 Å². The van der Waals surface area contributed by atoms with Crippen molar-refractivity contribution in [2.75, 3.05) is 30.4 Å². The molecule has 1 amide bonds. The highest BCUT2D eigenvalue weighted by Crippen LogP contribution is 2.27. The van der Waals surface area contributed by atoms with E-state index < -0.39 is 0 Å². The number of nitrogens with zero attached hydrogens (tertiary/aromatic N) is 3. The van der Waals surface area contributed by atoms with E-state index in [1.54, 1.807) is 13.4 Å². The minimum Gasteiger partial charge on any atom is -0.497 e. The van der Waals surface area contributed by atoms with Crippen molar-refractivity contribution < 1.29 is 9.53 Å². The van der Waals surface area contributed by atoms with Crippen LogP contribution in [-0.2, 0) is 4.79 Å². The summed E-state index contributed by atoms with van der Waals surface area (Å²) in [5.74, 6) is 1.83. The number of rotatable bonds is 5. The molecule has 0 saturated carbocycles. The quantitative estimate of drug-likeness (QED) is 0.657. The van der Waals surface area contributed by atoms with Crippen LogP contribution in [0, 0.1) is 19.8 Å². The number of amides is 1. The molecule has 2 heterocycles. The van der Waals surface area contributed by atoms with Crippen molar-refractivity contribution in [1.29, 1.82) is 0 Å². The Morgan fingerprint density at radius 3 is 2.45 bits per heavy atom. The van der Waals surface area contributed by atoms with Crippen molar-refractivity contribution in [2.45, 2.75) is 26.7 Å². The standard InChI is InChI=1S/C25H28N4O2/c1-17-4-9-22(18(2)14-17)28-25(30)20-10-12-29(13-11-20)24-15-23(26-16-27-24)19-5-7-21(31-3)8-6-19/h4-9,14-16,20H,10-13H2,1-3H3,(H,28,30). The minimum absolute atomic E-state index is 0.0137. The highest BCUT2D eigenvalue weighted by atomic mass is 16.5. The van der Waals surface area contributed by atoms with Gasteiger partial charge in [-0.25, -0.2) is 9.97 Å². The number of nitrogens with one attached hydrogen (secondary N) is 1. The number of hydrogen-bond acceptors (Lipinski definition) is 5. The first kappa shape index (κ1) is 20.8. The predicted molar refractivity (Wildman–Crippen MR) is 124 cm³/mol. The lowest BCUT2D eigenvalue weighted by atomic mass is 9.95. The van der Waals surface area contributed by atoms with Gasteiger partial charge in [0.15, 0.2) is 0 Å². The van der Waals surface area contributed by atoms with E-state index >= 15 is 0 Å². The highest BCUT2D eigenvalue weighted by Gasteiger charge is 2.26. The molecule has 6 nitrogen and oxygen atoms in total. The van der Waals surface area contributed by atoms with Crippen LogP contribution in [0.15, 0.2) is 54.9 Å². The first-order valence-corrected chi connectivity index (χ1v) is 10.6. The Hall–Kier alpha value is -3.41. The molecule has 160 valence electrons. The van der Waals surface area contributed by atoms with Crippen LogP contribution in [0.3, 0.4) is 0 Å². The van der Waals surface area contributed by atoms with Crippen LogP contribution in [0.4, 0.5) is 11.5 Å². The van der Waals surface area contributed by atoms with E-state index in [1.165, 1.54) is 5.56 Å². The molecule has 6 heteroatoms. The zero-order valence-corrected chi connectivity index (χ0v) is 18.3. The summed E-state index contributed by atoms with van der Waals surface area (Å²) in [5, 5.41) is 3.11. The summed E-state index contributed by atoms with van der Waals surface area (Å²) in [7, 11) is 1.66. The lowest BCUT2D eigenvalue weighted by Gasteiger charge is -2.32. The first-order chi connectivity index (χ1) is 15.0. The summed E-state index contributed by atoms with van der Waals surface area (Å²) >= 11 is 0. The summed E-state index contributed by atoms with van der Waals surface area (Å²) in [4.78, 5) is 23.9. The number of aryl methyl sites for hydroxylation is 2. The van der Waals surface area contributed by atoms with E-state index in [1.807, 2.05) is 49.4 Å². The van der Waals surface area contributed by atoms with Gasteiger partial charge in [0.2, 0.25) is 5.91 Å². The molecular weight excluding hydrogens is 388 g/mol. The third-order valence-electron chi connectivity index (χ3n) is 5.87. The van der Waals surface area contributed by atoms with Gasteiger partial charge >= 0.3 is 0 Å². The van der Waals surface area contributed by atoms with Crippen molar-refractivity contribution >= 4 is 17.4 Å². The largest absolute Gasteiger partial charge is 0.497 e. The van der Waals surface area contributed by atoms with E-state index in [9.17, 15) is 4.79 Å². The average Bonchev–Trinajstić information content (AvgIpc) is 2.81. The molecule has 1 saturated heterocycles. The second-order valence-electron chi connectivity index (χ2n) is 8.06. The van der Waals surface area contributed by atoms with Crippen LogP contribution in [0.2, 0.25) is 0 Å². The summed E-state index contributed by atoms with van der Waals surface area (Å²) in [6.45, 7) is 5.68. The molecule has 1 aliphatic rings. The lowest BCUT2D eigenvalue weighted by Crippen LogP contribution is -2.38. The Bertz CT molecular complexity index is 1060. The second kappa shape index (κ2) is 9.16. The Balaban J connectivity index is 1.38. The maximum Gasteiger partial charge on any atom is 0.227 e. The first-order valence-electron chi connectivity index (χ1n) is 10.6. The van der Waals surface area contributed by atoms with Crippen LogP contribution >= 0.6 is 0 Å². The van der Waals surface area contributed by atoms with Crippen LogP contribution in [0.5, 0.6) is 5.75 Å². The molecule has 1 fully saturated rings. The Morgan fingerprint density at radius 2 is 1.77 bits per heavy atom. The molecule has 0 spiro atoms. The van der Waals surface area contributed by atoms with E-state index in [0.29, 0.717) is 0 Å². The number of benzene rings is 2. The predicted octanol–water partition coefficient (Wildman–Crippen LogP) is 4.62. The fourth-order valence-electron chi connectivity index (χ4n) is 4.00. The molecule has 0 aliphatic carbocycles. The number of aromatic nitrogens is 2. The molecule has 0 radical (unpaired) electrons. The fraction of sp³-hybridized carbons (Fsp3) is 0.320. The van der Waals surface area contributed by atoms with Gasteiger partial charge < -0.3 is 15.0 Å². The number of anilines is 2. The molecule has 1 aliphatic heterocycles. The van der Waals surface area contributed by atoms with Gasteiger partial charge in [0.1, 0.15) is 17.9 Å². The molecule has 1 aromatic heterocycles. The SMILES string of the molecule is COc1ccc(-c2cc(N3CCC(C(=O)Nc4ccc(C)cc4C)CC3)ncn2)cc1. The molecule has 4 rings (SSSR count).